The number of aliphatic carboxylic acids is 1. The van der Waals surface area contributed by atoms with Crippen molar-refractivity contribution in [2.75, 3.05) is 26.4 Å². The van der Waals surface area contributed by atoms with Crippen LogP contribution in [0.25, 0.3) is 0 Å². The van der Waals surface area contributed by atoms with E-state index in [1.165, 1.54) is 302 Å². The summed E-state index contributed by atoms with van der Waals surface area (Å²) in [4.78, 5) is 38.8. The summed E-state index contributed by atoms with van der Waals surface area (Å²) < 4.78 is 35.0. The fourth-order valence-corrected chi connectivity index (χ4v) is 16.1. The Morgan fingerprint density at radius 2 is 0.832 bits per heavy atom. The number of hydrogen-bond donors (Lipinski definition) is 14. The molecule has 0 aromatic carbocycles. The van der Waals surface area contributed by atoms with Gasteiger partial charge in [0.1, 0.15) is 67.1 Å². The van der Waals surface area contributed by atoms with Crippen molar-refractivity contribution >= 4 is 17.8 Å². The average Bonchev–Trinajstić information content (AvgIpc) is 0.755. The highest BCUT2D eigenvalue weighted by Crippen LogP contribution is 2.39. The highest BCUT2D eigenvalue weighted by atomic mass is 16.8. The second-order valence-corrected chi connectivity index (χ2v) is 33.5. The molecular formula is C90H168N2O21. The molecule has 0 aliphatic carbocycles. The first kappa shape index (κ1) is 104. The van der Waals surface area contributed by atoms with Gasteiger partial charge in [0, 0.05) is 19.8 Å². The third-order valence-electron chi connectivity index (χ3n) is 23.4. The van der Waals surface area contributed by atoms with Gasteiger partial charge < -0.3 is 100 Å². The number of carboxylic acid groups (broad SMARTS) is 1. The summed E-state index contributed by atoms with van der Waals surface area (Å²) in [5, 5.41) is 137. The van der Waals surface area contributed by atoms with E-state index in [0.29, 0.717) is 12.8 Å². The zero-order valence-corrected chi connectivity index (χ0v) is 71.0. The lowest BCUT2D eigenvalue weighted by atomic mass is 9.88. The maximum atomic E-state index is 13.6. The fraction of sp³-hybridized carbons (Fsp3) is 0.922. The summed E-state index contributed by atoms with van der Waals surface area (Å²) in [6.45, 7) is 2.21. The molecule has 3 saturated heterocycles. The molecule has 3 rings (SSSR count). The Morgan fingerprint density at radius 1 is 0.460 bits per heavy atom. The van der Waals surface area contributed by atoms with Gasteiger partial charge in [0.25, 0.3) is 5.79 Å². The molecule has 0 saturated carbocycles. The van der Waals surface area contributed by atoms with Gasteiger partial charge in [-0.3, -0.25) is 9.59 Å². The van der Waals surface area contributed by atoms with Crippen molar-refractivity contribution in [1.82, 2.24) is 10.6 Å². The summed E-state index contributed by atoms with van der Waals surface area (Å²) in [7, 11) is 0. The molecule has 2 amide bonds. The molecule has 3 heterocycles. The highest BCUT2D eigenvalue weighted by Gasteiger charge is 2.60. The standard InChI is InChI=1S/C90H168N2O21/c1-4-6-8-10-12-14-16-18-20-22-24-26-27-28-29-30-31-32-33-34-35-36-37-38-39-40-41-42-43-44-46-48-50-52-54-56-58-60-62-64-77(100)92-71(72(97)63-61-59-57-55-53-51-49-47-45-25-23-21-19-17-15-13-11-9-7-5-2)69-108-87-82(104)81(103)84(76(68-95)110-87)111-88-83(105)86(80(102)75(67-94)109-88)113-90(89(106)107)65-73(98)78(91-70(3)96)85(112-90)79(101)74(99)66-93/h34-35,61,63,71-76,78-88,93-95,97-99,101-105H,4-33,36-60,62,64-69H2,1-3H3,(H,91,96)(H,92,100)(H,106,107)/b35-34-,63-61+. The Hall–Kier alpha value is -2.79. The third kappa shape index (κ3) is 46.6. The van der Waals surface area contributed by atoms with Crippen LogP contribution in [0, 0.1) is 0 Å². The van der Waals surface area contributed by atoms with Crippen LogP contribution >= 0.6 is 0 Å². The SMILES string of the molecule is CCCCCCCCCCCCCCCCCCCC/C=C\CCCCCCCCCCCCCCCCCCCC(=O)NC(COC1OC(CO)C(OC2OC(CO)C(O)C(OC3(C(=O)O)CC(O)C(NC(C)=O)C(C(O)C(O)CO)O3)C2O)C(O)C1O)C(O)/C=C/CCCCCCCCCCCCCCCCCCCC. The summed E-state index contributed by atoms with van der Waals surface area (Å²) in [6, 6.07) is -2.62. The van der Waals surface area contributed by atoms with E-state index < -0.39 is 155 Å². The maximum absolute atomic E-state index is 13.6. The molecule has 23 heteroatoms. The molecule has 0 aromatic rings. The van der Waals surface area contributed by atoms with Gasteiger partial charge >= 0.3 is 5.97 Å². The lowest BCUT2D eigenvalue weighted by Gasteiger charge is -2.50. The van der Waals surface area contributed by atoms with E-state index >= 15 is 0 Å². The highest BCUT2D eigenvalue weighted by molar-refractivity contribution is 5.77. The number of amides is 2. The lowest BCUT2D eigenvalue weighted by molar-refractivity contribution is -0.386. The number of aliphatic hydroxyl groups excluding tert-OH is 11. The zero-order valence-electron chi connectivity index (χ0n) is 71.0. The first-order valence-corrected chi connectivity index (χ1v) is 46.2. The zero-order chi connectivity index (χ0) is 82.4. The quantitative estimate of drug-likeness (QED) is 0.0199. The molecule has 18 atom stereocenters. The number of hydrogen-bond acceptors (Lipinski definition) is 20. The fourth-order valence-electron chi connectivity index (χ4n) is 16.1. The summed E-state index contributed by atoms with van der Waals surface area (Å²) in [5.41, 5.74) is 0. The normalized spacial score (nSPS) is 25.3. The van der Waals surface area contributed by atoms with Crippen LogP contribution in [0.3, 0.4) is 0 Å². The van der Waals surface area contributed by atoms with Gasteiger partial charge in [0.15, 0.2) is 12.6 Å². The minimum atomic E-state index is -3.08. The van der Waals surface area contributed by atoms with Gasteiger partial charge in [0.05, 0.1) is 50.7 Å². The van der Waals surface area contributed by atoms with Crippen molar-refractivity contribution in [2.45, 2.75) is 503 Å². The second kappa shape index (κ2) is 67.9. The topological polar surface area (TPSA) is 373 Å². The number of allylic oxidation sites excluding steroid dienone is 3. The molecule has 0 bridgehead atoms. The molecule has 0 aromatic heterocycles. The molecular weight excluding hydrogens is 1440 g/mol. The molecule has 14 N–H and O–H groups in total. The minimum Gasteiger partial charge on any atom is -0.477 e. The maximum Gasteiger partial charge on any atom is 0.364 e. The van der Waals surface area contributed by atoms with Crippen LogP contribution in [0.5, 0.6) is 0 Å². The van der Waals surface area contributed by atoms with Crippen LogP contribution in [0.15, 0.2) is 24.3 Å². The van der Waals surface area contributed by atoms with Gasteiger partial charge in [-0.15, -0.1) is 0 Å². The summed E-state index contributed by atoms with van der Waals surface area (Å²) in [5.74, 6) is -6.13. The number of nitrogens with one attached hydrogen (secondary N) is 2. The Morgan fingerprint density at radius 3 is 1.20 bits per heavy atom. The molecule has 113 heavy (non-hydrogen) atoms. The van der Waals surface area contributed by atoms with Gasteiger partial charge in [-0.2, -0.15) is 0 Å². The summed E-state index contributed by atoms with van der Waals surface area (Å²) >= 11 is 0. The van der Waals surface area contributed by atoms with E-state index in [0.717, 1.165) is 51.9 Å². The number of rotatable bonds is 75. The first-order valence-electron chi connectivity index (χ1n) is 46.2. The number of unbranched alkanes of at least 4 members (excludes halogenated alkanes) is 53. The Bertz CT molecular complexity index is 2330. The van der Waals surface area contributed by atoms with Crippen LogP contribution in [-0.2, 0) is 42.8 Å². The van der Waals surface area contributed by atoms with Crippen LogP contribution in [0.2, 0.25) is 0 Å². The van der Waals surface area contributed by atoms with Crippen molar-refractivity contribution < 1.29 is 104 Å². The number of aliphatic hydroxyl groups is 11. The van der Waals surface area contributed by atoms with Crippen LogP contribution in [-0.4, -0.2) is 215 Å². The average molecular weight is 1610 g/mol. The van der Waals surface area contributed by atoms with Gasteiger partial charge in [-0.25, -0.2) is 4.79 Å². The Labute approximate surface area is 683 Å². The number of ether oxygens (including phenoxy) is 6. The van der Waals surface area contributed by atoms with Crippen molar-refractivity contribution in [1.29, 1.82) is 0 Å². The van der Waals surface area contributed by atoms with Gasteiger partial charge in [-0.05, 0) is 44.9 Å². The van der Waals surface area contributed by atoms with Crippen LogP contribution in [0.1, 0.15) is 393 Å². The van der Waals surface area contributed by atoms with Crippen molar-refractivity contribution in [3.05, 3.63) is 24.3 Å². The largest absolute Gasteiger partial charge is 0.477 e. The predicted molar refractivity (Wildman–Crippen MR) is 445 cm³/mol. The molecule has 3 aliphatic rings. The number of carbonyl (C=O) groups excluding carboxylic acids is 2. The van der Waals surface area contributed by atoms with Crippen molar-refractivity contribution in [3.63, 3.8) is 0 Å². The summed E-state index contributed by atoms with van der Waals surface area (Å²) in [6.07, 6.45) is 51.0. The van der Waals surface area contributed by atoms with E-state index in [-0.39, 0.29) is 12.3 Å². The molecule has 0 spiro atoms. The Balaban J connectivity index is 1.40. The van der Waals surface area contributed by atoms with Crippen LogP contribution in [0.4, 0.5) is 0 Å². The van der Waals surface area contributed by atoms with Gasteiger partial charge in [-0.1, -0.05) is 353 Å². The monoisotopic (exact) mass is 1610 g/mol. The van der Waals surface area contributed by atoms with Crippen LogP contribution < -0.4 is 10.6 Å². The molecule has 3 aliphatic heterocycles. The van der Waals surface area contributed by atoms with E-state index in [9.17, 15) is 75.7 Å². The van der Waals surface area contributed by atoms with E-state index in [1.54, 1.807) is 6.08 Å². The lowest BCUT2D eigenvalue weighted by Crippen LogP contribution is -2.70. The molecule has 664 valence electrons. The smallest absolute Gasteiger partial charge is 0.364 e. The Kier molecular flexibility index (Phi) is 62.8. The number of carboxylic acids is 1. The molecule has 18 unspecified atom stereocenters. The van der Waals surface area contributed by atoms with Gasteiger partial charge in [0.2, 0.25) is 11.8 Å². The van der Waals surface area contributed by atoms with E-state index in [1.807, 2.05) is 6.08 Å². The van der Waals surface area contributed by atoms with Crippen molar-refractivity contribution in [3.8, 4) is 0 Å². The molecule has 23 nitrogen and oxygen atoms in total. The van der Waals surface area contributed by atoms with E-state index in [4.69, 9.17) is 28.4 Å². The predicted octanol–water partition coefficient (Wildman–Crippen LogP) is 15.0. The second-order valence-electron chi connectivity index (χ2n) is 33.5. The number of carbonyl (C=O) groups is 3. The van der Waals surface area contributed by atoms with Crippen molar-refractivity contribution in [2.24, 2.45) is 0 Å². The molecule has 0 radical (unpaired) electrons. The first-order chi connectivity index (χ1) is 54.9. The third-order valence-corrected chi connectivity index (χ3v) is 23.4. The minimum absolute atomic E-state index is 0.204. The van der Waals surface area contributed by atoms with E-state index in [2.05, 4.69) is 36.6 Å². The molecule has 3 fully saturated rings.